The minimum absolute atomic E-state index is 0.0117. The molecule has 0 saturated heterocycles. The zero-order valence-corrected chi connectivity index (χ0v) is 10.1. The molecular weight excluding hydrogens is 200 g/mol. The summed E-state index contributed by atoms with van der Waals surface area (Å²) in [5, 5.41) is 0. The molecule has 0 radical (unpaired) electrons. The molecule has 0 bridgehead atoms. The molecule has 1 unspecified atom stereocenters. The third-order valence-electron chi connectivity index (χ3n) is 2.69. The van der Waals surface area contributed by atoms with E-state index in [1.165, 1.54) is 5.56 Å². The van der Waals surface area contributed by atoms with E-state index in [2.05, 4.69) is 11.9 Å². The zero-order valence-electron chi connectivity index (χ0n) is 10.1. The summed E-state index contributed by atoms with van der Waals surface area (Å²) in [5.41, 5.74) is 7.77. The Morgan fingerprint density at radius 2 is 2.19 bits per heavy atom. The van der Waals surface area contributed by atoms with Gasteiger partial charge < -0.3 is 5.73 Å². The van der Waals surface area contributed by atoms with Crippen LogP contribution in [-0.4, -0.2) is 16.8 Å². The second-order valence-electron chi connectivity index (χ2n) is 4.10. The largest absolute Gasteiger partial charge is 0.327 e. The second-order valence-corrected chi connectivity index (χ2v) is 4.10. The number of hydrogen-bond donors (Lipinski definition) is 1. The molecule has 0 amide bonds. The van der Waals surface area contributed by atoms with E-state index in [9.17, 15) is 4.79 Å². The zero-order chi connectivity index (χ0) is 12.0. The van der Waals surface area contributed by atoms with Crippen LogP contribution in [0.2, 0.25) is 0 Å². The summed E-state index contributed by atoms with van der Waals surface area (Å²) in [4.78, 5) is 15.9. The van der Waals surface area contributed by atoms with Crippen molar-refractivity contribution in [3.63, 3.8) is 0 Å². The number of rotatable bonds is 6. The van der Waals surface area contributed by atoms with Crippen molar-refractivity contribution in [2.45, 2.75) is 45.6 Å². The van der Waals surface area contributed by atoms with Crippen molar-refractivity contribution < 1.29 is 4.79 Å². The summed E-state index contributed by atoms with van der Waals surface area (Å²) in [7, 11) is 0. The lowest BCUT2D eigenvalue weighted by atomic mass is 10.0. The van der Waals surface area contributed by atoms with Crippen molar-refractivity contribution in [3.8, 4) is 0 Å². The van der Waals surface area contributed by atoms with Crippen LogP contribution in [0.4, 0.5) is 0 Å². The highest BCUT2D eigenvalue weighted by Crippen LogP contribution is 2.04. The van der Waals surface area contributed by atoms with Crippen LogP contribution in [0.15, 0.2) is 18.3 Å². The number of nitrogens with zero attached hydrogens (tertiary/aromatic N) is 1. The maximum Gasteiger partial charge on any atom is 0.140 e. The topological polar surface area (TPSA) is 56.0 Å². The lowest BCUT2D eigenvalue weighted by Crippen LogP contribution is -2.23. The van der Waals surface area contributed by atoms with E-state index in [0.29, 0.717) is 12.8 Å². The molecule has 1 aromatic heterocycles. The summed E-state index contributed by atoms with van der Waals surface area (Å²) < 4.78 is 0. The van der Waals surface area contributed by atoms with Crippen LogP contribution in [0.25, 0.3) is 0 Å². The van der Waals surface area contributed by atoms with E-state index in [0.717, 1.165) is 18.5 Å². The SMILES string of the molecule is CCc1ccc(CC(=O)CC(N)CC)nc1. The number of carbonyl (C=O) groups is 1. The Morgan fingerprint density at radius 3 is 2.69 bits per heavy atom. The number of aromatic nitrogens is 1. The number of Topliss-reactive ketones (excluding diaryl/α,β-unsaturated/α-hetero) is 1. The van der Waals surface area contributed by atoms with Crippen LogP contribution in [-0.2, 0) is 17.6 Å². The van der Waals surface area contributed by atoms with Crippen LogP contribution >= 0.6 is 0 Å². The average Bonchev–Trinajstić information content (AvgIpc) is 2.29. The van der Waals surface area contributed by atoms with Gasteiger partial charge in [-0.1, -0.05) is 19.9 Å². The van der Waals surface area contributed by atoms with Crippen molar-refractivity contribution in [2.75, 3.05) is 0 Å². The Labute approximate surface area is 97.1 Å². The minimum Gasteiger partial charge on any atom is -0.327 e. The van der Waals surface area contributed by atoms with Gasteiger partial charge in [0.15, 0.2) is 0 Å². The van der Waals surface area contributed by atoms with E-state index in [-0.39, 0.29) is 11.8 Å². The number of ketones is 1. The molecule has 0 fully saturated rings. The Morgan fingerprint density at radius 1 is 1.44 bits per heavy atom. The molecule has 3 heteroatoms. The molecule has 0 spiro atoms. The first kappa shape index (κ1) is 12.8. The van der Waals surface area contributed by atoms with Gasteiger partial charge in [-0.05, 0) is 24.5 Å². The number of aryl methyl sites for hydroxylation is 1. The van der Waals surface area contributed by atoms with Gasteiger partial charge in [0, 0.05) is 30.8 Å². The fourth-order valence-electron chi connectivity index (χ4n) is 1.48. The number of nitrogens with two attached hydrogens (primary N) is 1. The normalized spacial score (nSPS) is 12.4. The smallest absolute Gasteiger partial charge is 0.140 e. The Bertz CT molecular complexity index is 332. The predicted molar refractivity (Wildman–Crippen MR) is 65.2 cm³/mol. The third-order valence-corrected chi connectivity index (χ3v) is 2.69. The molecule has 1 rings (SSSR count). The van der Waals surface area contributed by atoms with Crippen LogP contribution in [0.3, 0.4) is 0 Å². The lowest BCUT2D eigenvalue weighted by molar-refractivity contribution is -0.118. The summed E-state index contributed by atoms with van der Waals surface area (Å²) in [5.74, 6) is 0.172. The first-order valence-electron chi connectivity index (χ1n) is 5.86. The lowest BCUT2D eigenvalue weighted by Gasteiger charge is -2.07. The summed E-state index contributed by atoms with van der Waals surface area (Å²) in [6.07, 6.45) is 4.50. The minimum atomic E-state index is -0.0117. The molecule has 1 aromatic rings. The monoisotopic (exact) mass is 220 g/mol. The molecular formula is C13H20N2O. The Hall–Kier alpha value is -1.22. The van der Waals surface area contributed by atoms with Crippen molar-refractivity contribution in [1.29, 1.82) is 0 Å². The van der Waals surface area contributed by atoms with E-state index < -0.39 is 0 Å². The van der Waals surface area contributed by atoms with Gasteiger partial charge in [-0.25, -0.2) is 0 Å². The molecule has 0 saturated carbocycles. The highest BCUT2D eigenvalue weighted by molar-refractivity contribution is 5.80. The first-order valence-corrected chi connectivity index (χ1v) is 5.86. The highest BCUT2D eigenvalue weighted by atomic mass is 16.1. The quantitative estimate of drug-likeness (QED) is 0.796. The van der Waals surface area contributed by atoms with Crippen molar-refractivity contribution >= 4 is 5.78 Å². The van der Waals surface area contributed by atoms with Crippen LogP contribution in [0.5, 0.6) is 0 Å². The molecule has 0 aliphatic heterocycles. The highest BCUT2D eigenvalue weighted by Gasteiger charge is 2.09. The van der Waals surface area contributed by atoms with Gasteiger partial charge in [-0.2, -0.15) is 0 Å². The molecule has 0 aliphatic carbocycles. The van der Waals surface area contributed by atoms with Crippen LogP contribution < -0.4 is 5.73 Å². The summed E-state index contributed by atoms with van der Waals surface area (Å²) in [6.45, 7) is 4.08. The van der Waals surface area contributed by atoms with Gasteiger partial charge in [0.05, 0.1) is 0 Å². The fraction of sp³-hybridized carbons (Fsp3) is 0.538. The van der Waals surface area contributed by atoms with Gasteiger partial charge in [-0.3, -0.25) is 9.78 Å². The molecule has 16 heavy (non-hydrogen) atoms. The summed E-state index contributed by atoms with van der Waals surface area (Å²) in [6, 6.07) is 3.94. The molecule has 1 heterocycles. The van der Waals surface area contributed by atoms with E-state index >= 15 is 0 Å². The van der Waals surface area contributed by atoms with E-state index in [1.807, 2.05) is 25.3 Å². The number of pyridine rings is 1. The number of hydrogen-bond acceptors (Lipinski definition) is 3. The van der Waals surface area contributed by atoms with Crippen LogP contribution in [0.1, 0.15) is 37.9 Å². The Balaban J connectivity index is 2.49. The van der Waals surface area contributed by atoms with Gasteiger partial charge in [0.2, 0.25) is 0 Å². The molecule has 0 aliphatic rings. The molecule has 3 nitrogen and oxygen atoms in total. The van der Waals surface area contributed by atoms with Crippen molar-refractivity contribution in [3.05, 3.63) is 29.6 Å². The standard InChI is InChI=1S/C13H20N2O/c1-3-10-5-6-12(15-9-10)8-13(16)7-11(14)4-2/h5-6,9,11H,3-4,7-8,14H2,1-2H3. The van der Waals surface area contributed by atoms with E-state index in [4.69, 9.17) is 5.73 Å². The van der Waals surface area contributed by atoms with E-state index in [1.54, 1.807) is 0 Å². The maximum atomic E-state index is 11.6. The van der Waals surface area contributed by atoms with Gasteiger partial charge in [0.1, 0.15) is 5.78 Å². The molecule has 2 N–H and O–H groups in total. The van der Waals surface area contributed by atoms with Crippen LogP contribution in [0, 0.1) is 0 Å². The van der Waals surface area contributed by atoms with Gasteiger partial charge in [0.25, 0.3) is 0 Å². The van der Waals surface area contributed by atoms with Crippen molar-refractivity contribution in [1.82, 2.24) is 4.98 Å². The molecule has 88 valence electrons. The average molecular weight is 220 g/mol. The predicted octanol–water partition coefficient (Wildman–Crippen LogP) is 1.88. The third kappa shape index (κ3) is 4.11. The first-order chi connectivity index (χ1) is 7.65. The fourth-order valence-corrected chi connectivity index (χ4v) is 1.48. The summed E-state index contributed by atoms with van der Waals surface area (Å²) >= 11 is 0. The van der Waals surface area contributed by atoms with Gasteiger partial charge >= 0.3 is 0 Å². The number of carbonyl (C=O) groups excluding carboxylic acids is 1. The second kappa shape index (κ2) is 6.38. The maximum absolute atomic E-state index is 11.6. The molecule has 1 atom stereocenters. The molecule has 0 aromatic carbocycles. The Kier molecular flexibility index (Phi) is 5.12. The van der Waals surface area contributed by atoms with Crippen molar-refractivity contribution in [2.24, 2.45) is 5.73 Å². The van der Waals surface area contributed by atoms with Gasteiger partial charge in [-0.15, -0.1) is 0 Å².